The Balaban J connectivity index is 2.81. The van der Waals surface area contributed by atoms with Crippen LogP contribution in [0.5, 0.6) is 0 Å². The van der Waals surface area contributed by atoms with Crippen LogP contribution in [0.1, 0.15) is 39.7 Å². The summed E-state index contributed by atoms with van der Waals surface area (Å²) >= 11 is 12.3. The van der Waals surface area contributed by atoms with E-state index in [9.17, 15) is 0 Å². The molecule has 3 heteroatoms. The maximum atomic E-state index is 6.27. The van der Waals surface area contributed by atoms with Crippen LogP contribution in [0.25, 0.3) is 0 Å². The van der Waals surface area contributed by atoms with Gasteiger partial charge in [0.05, 0.1) is 10.0 Å². The molecule has 0 aliphatic carbocycles. The third kappa shape index (κ3) is 4.46. The van der Waals surface area contributed by atoms with Gasteiger partial charge in [-0.1, -0.05) is 63.0 Å². The summed E-state index contributed by atoms with van der Waals surface area (Å²) in [5.74, 6) is 0. The zero-order valence-electron chi connectivity index (χ0n) is 11.7. The van der Waals surface area contributed by atoms with Crippen molar-refractivity contribution < 1.29 is 0 Å². The molecule has 1 unspecified atom stereocenters. The Morgan fingerprint density at radius 1 is 1.28 bits per heavy atom. The van der Waals surface area contributed by atoms with Gasteiger partial charge in [-0.05, 0) is 29.9 Å². The van der Waals surface area contributed by atoms with Crippen molar-refractivity contribution in [1.29, 1.82) is 0 Å². The maximum Gasteiger partial charge on any atom is 0.0624 e. The number of hydrogen-bond donors (Lipinski definition) is 1. The molecule has 0 heterocycles. The minimum Gasteiger partial charge on any atom is -0.314 e. The minimum absolute atomic E-state index is 0.207. The van der Waals surface area contributed by atoms with Crippen LogP contribution in [0.2, 0.25) is 10.0 Å². The van der Waals surface area contributed by atoms with E-state index >= 15 is 0 Å². The van der Waals surface area contributed by atoms with Crippen molar-refractivity contribution >= 4 is 23.2 Å². The topological polar surface area (TPSA) is 12.0 Å². The van der Waals surface area contributed by atoms with E-state index in [-0.39, 0.29) is 5.41 Å². The largest absolute Gasteiger partial charge is 0.314 e. The molecule has 1 rings (SSSR count). The summed E-state index contributed by atoms with van der Waals surface area (Å²) in [5.41, 5.74) is 1.34. The van der Waals surface area contributed by atoms with Crippen molar-refractivity contribution in [3.8, 4) is 0 Å². The highest BCUT2D eigenvalue weighted by molar-refractivity contribution is 6.42. The zero-order chi connectivity index (χ0) is 13.8. The number of halogens is 2. The molecule has 1 atom stereocenters. The lowest BCUT2D eigenvalue weighted by Crippen LogP contribution is -2.36. The molecule has 18 heavy (non-hydrogen) atoms. The molecule has 1 N–H and O–H groups in total. The maximum absolute atomic E-state index is 6.27. The number of benzene rings is 1. The lowest BCUT2D eigenvalue weighted by atomic mass is 9.81. The predicted octanol–water partition coefficient (Wildman–Crippen LogP) is 4.95. The van der Waals surface area contributed by atoms with E-state index in [2.05, 4.69) is 39.1 Å². The van der Waals surface area contributed by atoms with Gasteiger partial charge in [-0.3, -0.25) is 0 Å². The molecule has 0 aliphatic rings. The van der Waals surface area contributed by atoms with Gasteiger partial charge in [0.15, 0.2) is 0 Å². The summed E-state index contributed by atoms with van der Waals surface area (Å²) in [6.07, 6.45) is 2.05. The van der Waals surface area contributed by atoms with Crippen molar-refractivity contribution in [1.82, 2.24) is 5.32 Å². The quantitative estimate of drug-likeness (QED) is 0.781. The highest BCUT2D eigenvalue weighted by Gasteiger charge is 2.24. The molecule has 102 valence electrons. The van der Waals surface area contributed by atoms with Gasteiger partial charge in [0.2, 0.25) is 0 Å². The van der Waals surface area contributed by atoms with Crippen LogP contribution in [0.3, 0.4) is 0 Å². The average molecular weight is 288 g/mol. The molecular formula is C15H23Cl2N. The Labute approximate surface area is 121 Å². The Bertz CT molecular complexity index is 390. The molecule has 0 radical (unpaired) electrons. The minimum atomic E-state index is 0.207. The molecule has 1 aromatic rings. The van der Waals surface area contributed by atoms with Gasteiger partial charge in [-0.2, -0.15) is 0 Å². The molecule has 1 nitrogen and oxygen atoms in total. The van der Waals surface area contributed by atoms with Crippen LogP contribution in [0, 0.1) is 5.41 Å². The van der Waals surface area contributed by atoms with Crippen LogP contribution >= 0.6 is 23.2 Å². The molecule has 0 amide bonds. The summed E-state index contributed by atoms with van der Waals surface area (Å²) < 4.78 is 0. The van der Waals surface area contributed by atoms with Crippen molar-refractivity contribution in [3.63, 3.8) is 0 Å². The van der Waals surface area contributed by atoms with Crippen molar-refractivity contribution in [2.75, 3.05) is 6.54 Å². The monoisotopic (exact) mass is 287 g/mol. The van der Waals surface area contributed by atoms with E-state index in [1.165, 1.54) is 0 Å². The van der Waals surface area contributed by atoms with E-state index in [0.29, 0.717) is 16.1 Å². The lowest BCUT2D eigenvalue weighted by Gasteiger charge is -2.30. The second kappa shape index (κ2) is 6.79. The first-order chi connectivity index (χ1) is 8.38. The van der Waals surface area contributed by atoms with E-state index in [0.717, 1.165) is 24.9 Å². The summed E-state index contributed by atoms with van der Waals surface area (Å²) in [7, 11) is 0. The normalized spacial score (nSPS) is 14.8. The van der Waals surface area contributed by atoms with Crippen LogP contribution < -0.4 is 5.32 Å². The van der Waals surface area contributed by atoms with E-state index in [1.807, 2.05) is 12.1 Å². The predicted molar refractivity (Wildman–Crippen MR) is 81.7 cm³/mol. The molecular weight excluding hydrogens is 265 g/mol. The van der Waals surface area contributed by atoms with Gasteiger partial charge in [-0.25, -0.2) is 0 Å². The number of rotatable bonds is 6. The van der Waals surface area contributed by atoms with Gasteiger partial charge >= 0.3 is 0 Å². The highest BCUT2D eigenvalue weighted by Crippen LogP contribution is 2.32. The fraction of sp³-hybridized carbons (Fsp3) is 0.600. The summed E-state index contributed by atoms with van der Waals surface area (Å²) in [6, 6.07) is 6.38. The number of hydrogen-bond acceptors (Lipinski definition) is 1. The fourth-order valence-corrected chi connectivity index (χ4v) is 2.29. The van der Waals surface area contributed by atoms with Crippen LogP contribution in [0.4, 0.5) is 0 Å². The molecule has 0 aliphatic heterocycles. The fourth-order valence-electron chi connectivity index (χ4n) is 1.91. The first kappa shape index (κ1) is 15.8. The Kier molecular flexibility index (Phi) is 5.97. The second-order valence-electron chi connectivity index (χ2n) is 5.59. The molecule has 0 fully saturated rings. The smallest absolute Gasteiger partial charge is 0.0624 e. The molecule has 1 aromatic carbocycles. The third-order valence-corrected chi connectivity index (χ3v) is 4.30. The highest BCUT2D eigenvalue weighted by atomic mass is 35.5. The van der Waals surface area contributed by atoms with Crippen molar-refractivity contribution in [2.24, 2.45) is 5.41 Å². The van der Waals surface area contributed by atoms with Gasteiger partial charge < -0.3 is 5.32 Å². The molecule has 0 aromatic heterocycles. The summed E-state index contributed by atoms with van der Waals surface area (Å²) in [5, 5.41) is 4.86. The summed E-state index contributed by atoms with van der Waals surface area (Å²) in [6.45, 7) is 9.84. The van der Waals surface area contributed by atoms with Crippen LogP contribution in [0.15, 0.2) is 18.2 Å². The van der Waals surface area contributed by atoms with E-state index in [4.69, 9.17) is 23.2 Å². The van der Waals surface area contributed by atoms with Crippen LogP contribution in [-0.4, -0.2) is 12.6 Å². The van der Waals surface area contributed by atoms with Gasteiger partial charge in [0.25, 0.3) is 0 Å². The molecule has 0 spiro atoms. The van der Waals surface area contributed by atoms with Gasteiger partial charge in [0, 0.05) is 12.6 Å². The Morgan fingerprint density at radius 3 is 2.50 bits per heavy atom. The molecule has 0 bridgehead atoms. The zero-order valence-corrected chi connectivity index (χ0v) is 13.2. The summed E-state index contributed by atoms with van der Waals surface area (Å²) in [4.78, 5) is 0. The van der Waals surface area contributed by atoms with Crippen LogP contribution in [-0.2, 0) is 6.42 Å². The van der Waals surface area contributed by atoms with E-state index < -0.39 is 0 Å². The van der Waals surface area contributed by atoms with Gasteiger partial charge in [-0.15, -0.1) is 0 Å². The van der Waals surface area contributed by atoms with Gasteiger partial charge in [0.1, 0.15) is 0 Å². The second-order valence-corrected chi connectivity index (χ2v) is 6.37. The average Bonchev–Trinajstić information content (AvgIpc) is 2.33. The Morgan fingerprint density at radius 2 is 1.94 bits per heavy atom. The molecule has 0 saturated heterocycles. The van der Waals surface area contributed by atoms with Crippen molar-refractivity contribution in [3.05, 3.63) is 33.8 Å². The lowest BCUT2D eigenvalue weighted by molar-refractivity contribution is 0.281. The third-order valence-electron chi connectivity index (χ3n) is 3.44. The first-order valence-corrected chi connectivity index (χ1v) is 7.30. The molecule has 0 saturated carbocycles. The SMILES string of the molecule is CCC(C)(CNC(C)C)Cc1cccc(Cl)c1Cl. The van der Waals surface area contributed by atoms with Crippen molar-refractivity contribution in [2.45, 2.75) is 46.6 Å². The number of nitrogens with one attached hydrogen (secondary N) is 1. The standard InChI is InChI=1S/C15H23Cl2N/c1-5-15(4,10-18-11(2)3)9-12-7-6-8-13(16)14(12)17/h6-8,11,18H,5,9-10H2,1-4H3. The van der Waals surface area contributed by atoms with E-state index in [1.54, 1.807) is 0 Å². The first-order valence-electron chi connectivity index (χ1n) is 6.54. The Hall–Kier alpha value is -0.240.